The molecule has 1 aromatic carbocycles. The third-order valence-corrected chi connectivity index (χ3v) is 2.48. The maximum absolute atomic E-state index is 5.88. The highest BCUT2D eigenvalue weighted by Gasteiger charge is 2.07. The molecule has 2 aromatic heterocycles. The number of hydrogen-bond donors (Lipinski definition) is 1. The summed E-state index contributed by atoms with van der Waals surface area (Å²) in [6.45, 7) is 0. The zero-order valence-electron chi connectivity index (χ0n) is 7.21. The number of halogens is 1. The van der Waals surface area contributed by atoms with E-state index in [-0.39, 0.29) is 0 Å². The second kappa shape index (κ2) is 2.69. The fourth-order valence-electron chi connectivity index (χ4n) is 1.63. The van der Waals surface area contributed by atoms with Crippen molar-refractivity contribution < 1.29 is 4.98 Å². The summed E-state index contributed by atoms with van der Waals surface area (Å²) in [7, 11) is 0. The van der Waals surface area contributed by atoms with E-state index < -0.39 is 0 Å². The van der Waals surface area contributed by atoms with Crippen LogP contribution in [0.5, 0.6) is 0 Å². The van der Waals surface area contributed by atoms with Gasteiger partial charge in [0.25, 0.3) is 0 Å². The Bertz CT molecular complexity index is 615. The van der Waals surface area contributed by atoms with Crippen molar-refractivity contribution in [3.8, 4) is 0 Å². The second-order valence-corrected chi connectivity index (χ2v) is 3.53. The fraction of sp³-hybridized carbons (Fsp3) is 0. The average molecular weight is 205 g/mol. The van der Waals surface area contributed by atoms with Crippen LogP contribution in [0.1, 0.15) is 0 Å². The summed E-state index contributed by atoms with van der Waals surface area (Å²) in [4.78, 5) is 10.4. The van der Waals surface area contributed by atoms with Gasteiger partial charge in [-0.1, -0.05) is 11.6 Å². The number of nitrogens with zero attached hydrogens (tertiary/aromatic N) is 1. The number of hydrogen-bond acceptors (Lipinski definition) is 1. The van der Waals surface area contributed by atoms with E-state index in [0.29, 0.717) is 5.15 Å². The van der Waals surface area contributed by atoms with Crippen LogP contribution in [0.2, 0.25) is 5.15 Å². The van der Waals surface area contributed by atoms with E-state index in [1.807, 2.05) is 18.2 Å². The standard InChI is InChI=1S/C10H6ClN3/c11-9-5-13-8-2-1-7-6(3-4-12-7)10(8)14-9/h1-5,14H/p+1. The Morgan fingerprint density at radius 2 is 2.21 bits per heavy atom. The largest absolute Gasteiger partial charge is 0.335 e. The van der Waals surface area contributed by atoms with E-state index in [0.717, 1.165) is 21.9 Å². The van der Waals surface area contributed by atoms with Gasteiger partial charge in [0, 0.05) is 17.6 Å². The first-order chi connectivity index (χ1) is 6.84. The number of aromatic nitrogens is 3. The molecule has 0 saturated carbocycles. The summed E-state index contributed by atoms with van der Waals surface area (Å²) in [5.41, 5.74) is 2.99. The molecule has 0 amide bonds. The minimum atomic E-state index is 0.589. The Balaban J connectivity index is 2.60. The first-order valence-corrected chi connectivity index (χ1v) is 4.66. The third-order valence-electron chi connectivity index (χ3n) is 2.28. The molecular weight excluding hydrogens is 198 g/mol. The molecule has 0 aliphatic carbocycles. The molecule has 3 aromatic rings. The van der Waals surface area contributed by atoms with E-state index in [1.165, 1.54) is 0 Å². The van der Waals surface area contributed by atoms with Gasteiger partial charge in [-0.15, -0.1) is 0 Å². The topological polar surface area (TPSA) is 42.8 Å². The second-order valence-electron chi connectivity index (χ2n) is 3.13. The smallest absolute Gasteiger partial charge is 0.228 e. The number of nitrogens with one attached hydrogen (secondary N) is 2. The predicted octanol–water partition coefficient (Wildman–Crippen LogP) is 2.18. The first kappa shape index (κ1) is 7.76. The molecule has 68 valence electrons. The van der Waals surface area contributed by atoms with E-state index in [1.54, 1.807) is 12.4 Å². The molecule has 0 fully saturated rings. The first-order valence-electron chi connectivity index (χ1n) is 4.28. The van der Waals surface area contributed by atoms with Gasteiger partial charge in [-0.05, 0) is 12.1 Å². The summed E-state index contributed by atoms with van der Waals surface area (Å²) < 4.78 is 0. The molecule has 3 rings (SSSR count). The Morgan fingerprint density at radius 3 is 3.14 bits per heavy atom. The minimum absolute atomic E-state index is 0.589. The van der Waals surface area contributed by atoms with Gasteiger partial charge in [0.15, 0.2) is 5.15 Å². The Morgan fingerprint density at radius 1 is 1.29 bits per heavy atom. The van der Waals surface area contributed by atoms with Gasteiger partial charge in [0.2, 0.25) is 11.7 Å². The zero-order valence-corrected chi connectivity index (χ0v) is 7.97. The summed E-state index contributed by atoms with van der Waals surface area (Å²) >= 11 is 5.88. The fourth-order valence-corrected chi connectivity index (χ4v) is 1.78. The Hall–Kier alpha value is -1.61. The van der Waals surface area contributed by atoms with E-state index >= 15 is 0 Å². The third kappa shape index (κ3) is 0.992. The Kier molecular flexibility index (Phi) is 1.49. The minimum Gasteiger partial charge on any atom is -0.335 e. The molecule has 0 unspecified atom stereocenters. The number of fused-ring (bicyclic) bond motifs is 3. The van der Waals surface area contributed by atoms with Crippen molar-refractivity contribution in [3.05, 3.63) is 35.7 Å². The lowest BCUT2D eigenvalue weighted by atomic mass is 10.2. The summed E-state index contributed by atoms with van der Waals surface area (Å²) in [6.07, 6.45) is 3.52. The van der Waals surface area contributed by atoms with Crippen LogP contribution >= 0.6 is 11.6 Å². The van der Waals surface area contributed by atoms with Crippen LogP contribution in [0, 0.1) is 0 Å². The predicted molar refractivity (Wildman–Crippen MR) is 55.2 cm³/mol. The maximum atomic E-state index is 5.88. The molecule has 0 aliphatic heterocycles. The number of H-pyrrole nitrogens is 2. The van der Waals surface area contributed by atoms with Crippen molar-refractivity contribution in [2.45, 2.75) is 0 Å². The van der Waals surface area contributed by atoms with Crippen molar-refractivity contribution in [3.63, 3.8) is 0 Å². The lowest BCUT2D eigenvalue weighted by Gasteiger charge is -1.95. The van der Waals surface area contributed by atoms with Crippen LogP contribution in [0.3, 0.4) is 0 Å². The number of rotatable bonds is 0. The summed E-state index contributed by atoms with van der Waals surface area (Å²) in [6, 6.07) is 5.94. The van der Waals surface area contributed by atoms with Gasteiger partial charge >= 0.3 is 0 Å². The van der Waals surface area contributed by atoms with Crippen molar-refractivity contribution in [2.24, 2.45) is 0 Å². The normalized spacial score (nSPS) is 11.2. The van der Waals surface area contributed by atoms with Gasteiger partial charge in [-0.25, -0.2) is 4.98 Å². The van der Waals surface area contributed by atoms with Gasteiger partial charge in [0.05, 0.1) is 5.52 Å². The summed E-state index contributed by atoms with van der Waals surface area (Å²) in [5, 5.41) is 1.67. The molecule has 0 spiro atoms. The molecular formula is C10H7ClN3+. The molecule has 2 N–H and O–H groups in total. The van der Waals surface area contributed by atoms with Gasteiger partial charge in [0.1, 0.15) is 5.52 Å². The molecule has 3 nitrogen and oxygen atoms in total. The van der Waals surface area contributed by atoms with Crippen LogP contribution in [-0.4, -0.2) is 9.97 Å². The van der Waals surface area contributed by atoms with Gasteiger partial charge in [-0.3, -0.25) is 4.98 Å². The molecule has 14 heavy (non-hydrogen) atoms. The maximum Gasteiger partial charge on any atom is 0.228 e. The van der Waals surface area contributed by atoms with Gasteiger partial charge < -0.3 is 4.98 Å². The van der Waals surface area contributed by atoms with Crippen LogP contribution in [0.4, 0.5) is 0 Å². The molecule has 4 heteroatoms. The highest BCUT2D eigenvalue weighted by Crippen LogP contribution is 2.20. The monoisotopic (exact) mass is 204 g/mol. The highest BCUT2D eigenvalue weighted by molar-refractivity contribution is 6.29. The number of benzene rings is 1. The molecule has 0 atom stereocenters. The van der Waals surface area contributed by atoms with Crippen molar-refractivity contribution in [1.82, 2.24) is 9.97 Å². The Labute approximate surface area is 84.7 Å². The van der Waals surface area contributed by atoms with Crippen LogP contribution in [0.15, 0.2) is 30.6 Å². The van der Waals surface area contributed by atoms with Crippen LogP contribution < -0.4 is 4.98 Å². The van der Waals surface area contributed by atoms with Crippen molar-refractivity contribution >= 4 is 33.5 Å². The van der Waals surface area contributed by atoms with Crippen LogP contribution in [0.25, 0.3) is 21.9 Å². The average Bonchev–Trinajstić information content (AvgIpc) is 2.65. The van der Waals surface area contributed by atoms with E-state index in [2.05, 4.69) is 15.0 Å². The lowest BCUT2D eigenvalue weighted by Crippen LogP contribution is -2.03. The van der Waals surface area contributed by atoms with Crippen LogP contribution in [-0.2, 0) is 0 Å². The quantitative estimate of drug-likeness (QED) is 0.599. The summed E-state index contributed by atoms with van der Waals surface area (Å²) in [5.74, 6) is 0. The van der Waals surface area contributed by atoms with Gasteiger partial charge in [-0.2, -0.15) is 0 Å². The molecule has 0 radical (unpaired) electrons. The molecule has 0 saturated heterocycles. The van der Waals surface area contributed by atoms with Crippen molar-refractivity contribution in [2.75, 3.05) is 0 Å². The molecule has 0 bridgehead atoms. The SMILES string of the molecule is Clc1c[nH+]c2ccc3nccc3c2[nH]1. The zero-order chi connectivity index (χ0) is 9.54. The molecule has 0 aliphatic rings. The lowest BCUT2D eigenvalue weighted by molar-refractivity contribution is -0.345. The van der Waals surface area contributed by atoms with E-state index in [4.69, 9.17) is 11.6 Å². The number of aromatic amines is 2. The van der Waals surface area contributed by atoms with E-state index in [9.17, 15) is 0 Å². The molecule has 2 heterocycles. The van der Waals surface area contributed by atoms with Crippen molar-refractivity contribution in [1.29, 1.82) is 0 Å². The highest BCUT2D eigenvalue weighted by atomic mass is 35.5.